The first kappa shape index (κ1) is 13.8. The van der Waals surface area contributed by atoms with Gasteiger partial charge in [0.1, 0.15) is 5.82 Å². The van der Waals surface area contributed by atoms with Gasteiger partial charge in [-0.25, -0.2) is 4.98 Å². The van der Waals surface area contributed by atoms with Crippen molar-refractivity contribution in [2.45, 2.75) is 6.92 Å². The monoisotopic (exact) mass is 338 g/mol. The van der Waals surface area contributed by atoms with Crippen LogP contribution in [0.25, 0.3) is 11.1 Å². The predicted molar refractivity (Wildman–Crippen MR) is 91.8 cm³/mol. The maximum Gasteiger partial charge on any atom is 0.144 e. The summed E-state index contributed by atoms with van der Waals surface area (Å²) in [6.45, 7) is 2.02. The van der Waals surface area contributed by atoms with Crippen LogP contribution >= 0.6 is 15.9 Å². The zero-order valence-electron chi connectivity index (χ0n) is 11.7. The van der Waals surface area contributed by atoms with Crippen LogP contribution in [0.5, 0.6) is 0 Å². The molecule has 104 valence electrons. The van der Waals surface area contributed by atoms with E-state index in [0.717, 1.165) is 21.5 Å². The average Bonchev–Trinajstić information content (AvgIpc) is 2.52. The normalized spacial score (nSPS) is 10.4. The van der Waals surface area contributed by atoms with Gasteiger partial charge >= 0.3 is 0 Å². The van der Waals surface area contributed by atoms with Gasteiger partial charge in [-0.15, -0.1) is 0 Å². The summed E-state index contributed by atoms with van der Waals surface area (Å²) in [5, 5.41) is 3.32. The summed E-state index contributed by atoms with van der Waals surface area (Å²) in [4.78, 5) is 4.40. The molecule has 0 aliphatic rings. The largest absolute Gasteiger partial charge is 0.339 e. The van der Waals surface area contributed by atoms with E-state index < -0.39 is 0 Å². The van der Waals surface area contributed by atoms with Gasteiger partial charge in [-0.1, -0.05) is 42.5 Å². The molecular weight excluding hydrogens is 324 g/mol. The van der Waals surface area contributed by atoms with Crippen LogP contribution in [-0.4, -0.2) is 4.98 Å². The molecule has 21 heavy (non-hydrogen) atoms. The number of aryl methyl sites for hydroxylation is 1. The lowest BCUT2D eigenvalue weighted by Crippen LogP contribution is -1.95. The molecule has 0 aliphatic heterocycles. The highest BCUT2D eigenvalue weighted by molar-refractivity contribution is 9.10. The van der Waals surface area contributed by atoms with Crippen molar-refractivity contribution in [3.63, 3.8) is 0 Å². The first-order chi connectivity index (χ1) is 10.2. The molecule has 0 fully saturated rings. The molecule has 2 aromatic carbocycles. The molecule has 0 bridgehead atoms. The number of anilines is 2. The Morgan fingerprint density at radius 1 is 0.905 bits per heavy atom. The van der Waals surface area contributed by atoms with Crippen LogP contribution in [0.4, 0.5) is 11.5 Å². The predicted octanol–water partition coefficient (Wildman–Crippen LogP) is 5.56. The molecule has 1 aromatic heterocycles. The van der Waals surface area contributed by atoms with Gasteiger partial charge in [0.2, 0.25) is 0 Å². The molecule has 2 nitrogen and oxygen atoms in total. The van der Waals surface area contributed by atoms with Crippen molar-refractivity contribution in [2.75, 3.05) is 5.32 Å². The lowest BCUT2D eigenvalue weighted by molar-refractivity contribution is 1.24. The van der Waals surface area contributed by atoms with E-state index in [-0.39, 0.29) is 0 Å². The summed E-state index contributed by atoms with van der Waals surface area (Å²) in [7, 11) is 0. The Kier molecular flexibility index (Phi) is 4.02. The number of pyridine rings is 1. The zero-order chi connectivity index (χ0) is 14.7. The molecule has 3 rings (SSSR count). The van der Waals surface area contributed by atoms with Gasteiger partial charge < -0.3 is 5.32 Å². The minimum absolute atomic E-state index is 0.827. The third kappa shape index (κ3) is 3.31. The van der Waals surface area contributed by atoms with Crippen molar-refractivity contribution < 1.29 is 0 Å². The van der Waals surface area contributed by atoms with E-state index in [1.165, 1.54) is 11.1 Å². The van der Waals surface area contributed by atoms with Crippen molar-refractivity contribution in [1.29, 1.82) is 0 Å². The van der Waals surface area contributed by atoms with E-state index in [4.69, 9.17) is 0 Å². The summed E-state index contributed by atoms with van der Waals surface area (Å²) in [6.07, 6.45) is 1.85. The van der Waals surface area contributed by atoms with Crippen LogP contribution in [0.1, 0.15) is 5.56 Å². The SMILES string of the molecule is Cc1cnc(Nc2ccc(-c3ccccc3)cc2)c(Br)c1. The Bertz CT molecular complexity index is 737. The third-order valence-electron chi connectivity index (χ3n) is 3.23. The van der Waals surface area contributed by atoms with E-state index in [9.17, 15) is 0 Å². The lowest BCUT2D eigenvalue weighted by Gasteiger charge is -2.09. The Labute approximate surface area is 133 Å². The number of halogens is 1. The van der Waals surface area contributed by atoms with Crippen molar-refractivity contribution >= 4 is 27.4 Å². The molecule has 3 aromatic rings. The van der Waals surface area contributed by atoms with Gasteiger partial charge in [0.15, 0.2) is 0 Å². The highest BCUT2D eigenvalue weighted by Crippen LogP contribution is 2.26. The fraction of sp³-hybridized carbons (Fsp3) is 0.0556. The Hall–Kier alpha value is -2.13. The van der Waals surface area contributed by atoms with Crippen molar-refractivity contribution in [1.82, 2.24) is 4.98 Å². The molecule has 0 aliphatic carbocycles. The quantitative estimate of drug-likeness (QED) is 0.675. The fourth-order valence-corrected chi connectivity index (χ4v) is 2.70. The minimum Gasteiger partial charge on any atom is -0.339 e. The van der Waals surface area contributed by atoms with Crippen LogP contribution in [0.15, 0.2) is 71.3 Å². The van der Waals surface area contributed by atoms with Crippen LogP contribution in [0.3, 0.4) is 0 Å². The standard InChI is InChI=1S/C18H15BrN2/c1-13-11-17(19)18(20-12-13)21-16-9-7-15(8-10-16)14-5-3-2-4-6-14/h2-12H,1H3,(H,20,21). The number of hydrogen-bond donors (Lipinski definition) is 1. The summed E-state index contributed by atoms with van der Waals surface area (Å²) < 4.78 is 0.967. The Morgan fingerprint density at radius 3 is 2.24 bits per heavy atom. The first-order valence-electron chi connectivity index (χ1n) is 6.77. The molecular formula is C18H15BrN2. The average molecular weight is 339 g/mol. The van der Waals surface area contributed by atoms with Gasteiger partial charge in [0, 0.05) is 11.9 Å². The van der Waals surface area contributed by atoms with Gasteiger partial charge in [-0.3, -0.25) is 0 Å². The van der Waals surface area contributed by atoms with Crippen LogP contribution in [0.2, 0.25) is 0 Å². The molecule has 1 heterocycles. The number of nitrogens with zero attached hydrogens (tertiary/aromatic N) is 1. The lowest BCUT2D eigenvalue weighted by atomic mass is 10.1. The summed E-state index contributed by atoms with van der Waals surface area (Å²) >= 11 is 3.53. The maximum absolute atomic E-state index is 4.40. The van der Waals surface area contributed by atoms with E-state index in [0.29, 0.717) is 0 Å². The van der Waals surface area contributed by atoms with Gasteiger partial charge in [0.25, 0.3) is 0 Å². The summed E-state index contributed by atoms with van der Waals surface area (Å²) in [5.74, 6) is 0.827. The minimum atomic E-state index is 0.827. The van der Waals surface area contributed by atoms with Crippen molar-refractivity contribution in [3.8, 4) is 11.1 Å². The topological polar surface area (TPSA) is 24.9 Å². The molecule has 0 atom stereocenters. The summed E-state index contributed by atoms with van der Waals surface area (Å²) in [6, 6.07) is 20.8. The van der Waals surface area contributed by atoms with E-state index in [1.54, 1.807) is 0 Å². The molecule has 0 saturated heterocycles. The van der Waals surface area contributed by atoms with Crippen LogP contribution in [0, 0.1) is 6.92 Å². The molecule has 0 amide bonds. The van der Waals surface area contributed by atoms with Crippen molar-refractivity contribution in [2.24, 2.45) is 0 Å². The first-order valence-corrected chi connectivity index (χ1v) is 7.56. The Balaban J connectivity index is 1.81. The molecule has 0 unspecified atom stereocenters. The van der Waals surface area contributed by atoms with E-state index in [1.807, 2.05) is 25.3 Å². The number of rotatable bonds is 3. The van der Waals surface area contributed by atoms with Crippen molar-refractivity contribution in [3.05, 3.63) is 76.9 Å². The maximum atomic E-state index is 4.40. The van der Waals surface area contributed by atoms with Crippen LogP contribution in [-0.2, 0) is 0 Å². The second kappa shape index (κ2) is 6.10. The van der Waals surface area contributed by atoms with Gasteiger partial charge in [-0.2, -0.15) is 0 Å². The van der Waals surface area contributed by atoms with E-state index >= 15 is 0 Å². The number of hydrogen-bond acceptors (Lipinski definition) is 2. The molecule has 0 saturated carbocycles. The second-order valence-electron chi connectivity index (χ2n) is 4.91. The van der Waals surface area contributed by atoms with Gasteiger partial charge in [0.05, 0.1) is 4.47 Å². The zero-order valence-corrected chi connectivity index (χ0v) is 13.3. The highest BCUT2D eigenvalue weighted by Gasteiger charge is 2.03. The molecule has 1 N–H and O–H groups in total. The van der Waals surface area contributed by atoms with E-state index in [2.05, 4.69) is 74.8 Å². The molecule has 3 heteroatoms. The summed E-state index contributed by atoms with van der Waals surface area (Å²) in [5.41, 5.74) is 4.58. The highest BCUT2D eigenvalue weighted by atomic mass is 79.9. The number of benzene rings is 2. The fourth-order valence-electron chi connectivity index (χ4n) is 2.14. The Morgan fingerprint density at radius 2 is 1.57 bits per heavy atom. The second-order valence-corrected chi connectivity index (χ2v) is 5.77. The van der Waals surface area contributed by atoms with Gasteiger partial charge in [-0.05, 0) is 57.7 Å². The third-order valence-corrected chi connectivity index (χ3v) is 3.84. The molecule has 0 spiro atoms. The molecule has 0 radical (unpaired) electrons. The smallest absolute Gasteiger partial charge is 0.144 e. The number of nitrogens with one attached hydrogen (secondary N) is 1. The van der Waals surface area contributed by atoms with Crippen LogP contribution < -0.4 is 5.32 Å². The number of aromatic nitrogens is 1.